The van der Waals surface area contributed by atoms with E-state index in [0.29, 0.717) is 17.9 Å². The van der Waals surface area contributed by atoms with Gasteiger partial charge in [0.25, 0.3) is 0 Å². The van der Waals surface area contributed by atoms with Crippen molar-refractivity contribution in [2.24, 2.45) is 58.2 Å². The summed E-state index contributed by atoms with van der Waals surface area (Å²) < 4.78 is 5.45. The maximum Gasteiger partial charge on any atom is 0.312 e. The summed E-state index contributed by atoms with van der Waals surface area (Å²) in [6.07, 6.45) is 6.41. The number of esters is 1. The van der Waals surface area contributed by atoms with Crippen LogP contribution in [0, 0.1) is 58.2 Å². The fourth-order valence-electron chi connectivity index (χ4n) is 9.03. The average molecular weight is 316 g/mol. The van der Waals surface area contributed by atoms with Gasteiger partial charge in [-0.1, -0.05) is 27.7 Å². The molecule has 0 aromatic heterocycles. The van der Waals surface area contributed by atoms with E-state index in [4.69, 9.17) is 4.74 Å². The molecular formula is C21H32O2. The van der Waals surface area contributed by atoms with E-state index in [0.717, 1.165) is 54.3 Å². The second-order valence-electron chi connectivity index (χ2n) is 10.2. The monoisotopic (exact) mass is 316 g/mol. The van der Waals surface area contributed by atoms with Gasteiger partial charge in [-0.2, -0.15) is 0 Å². The van der Waals surface area contributed by atoms with Gasteiger partial charge in [0, 0.05) is 0 Å². The van der Waals surface area contributed by atoms with E-state index >= 15 is 0 Å². The van der Waals surface area contributed by atoms with E-state index in [2.05, 4.69) is 27.7 Å². The predicted molar refractivity (Wildman–Crippen MR) is 89.5 cm³/mol. The summed E-state index contributed by atoms with van der Waals surface area (Å²) in [7, 11) is 0. The molecule has 23 heavy (non-hydrogen) atoms. The van der Waals surface area contributed by atoms with Crippen LogP contribution in [0.25, 0.3) is 0 Å². The molecule has 5 rings (SSSR count). The van der Waals surface area contributed by atoms with Gasteiger partial charge in [-0.25, -0.2) is 0 Å². The highest BCUT2D eigenvalue weighted by atomic mass is 16.5. The van der Waals surface area contributed by atoms with Crippen LogP contribution < -0.4 is 0 Å². The van der Waals surface area contributed by atoms with E-state index in [9.17, 15) is 4.79 Å². The van der Waals surface area contributed by atoms with Gasteiger partial charge >= 0.3 is 5.97 Å². The summed E-state index contributed by atoms with van der Waals surface area (Å²) in [5.41, 5.74) is 0.522. The number of ether oxygens (including phenoxy) is 1. The molecule has 0 N–H and O–H groups in total. The van der Waals surface area contributed by atoms with E-state index < -0.39 is 0 Å². The highest BCUT2D eigenvalue weighted by Gasteiger charge is 2.74. The molecule has 1 saturated heterocycles. The Morgan fingerprint density at radius 2 is 1.57 bits per heavy atom. The summed E-state index contributed by atoms with van der Waals surface area (Å²) in [6, 6.07) is 0. The first-order chi connectivity index (χ1) is 10.9. The molecule has 1 aliphatic heterocycles. The first-order valence-corrected chi connectivity index (χ1v) is 10.1. The summed E-state index contributed by atoms with van der Waals surface area (Å²) in [5.74, 6) is 6.87. The van der Waals surface area contributed by atoms with E-state index in [1.54, 1.807) is 0 Å². The van der Waals surface area contributed by atoms with Crippen LogP contribution >= 0.6 is 0 Å². The Morgan fingerprint density at radius 3 is 2.17 bits per heavy atom. The molecule has 0 amide bonds. The smallest absolute Gasteiger partial charge is 0.312 e. The molecule has 0 aromatic carbocycles. The Balaban J connectivity index is 1.51. The normalized spacial score (nSPS) is 52.2. The molecule has 4 saturated carbocycles. The van der Waals surface area contributed by atoms with Crippen molar-refractivity contribution in [3.05, 3.63) is 0 Å². The molecule has 0 aromatic rings. The first kappa shape index (κ1) is 14.8. The molecule has 128 valence electrons. The van der Waals surface area contributed by atoms with Crippen molar-refractivity contribution in [3.63, 3.8) is 0 Å². The topological polar surface area (TPSA) is 26.3 Å². The van der Waals surface area contributed by atoms with Gasteiger partial charge in [0.1, 0.15) is 0 Å². The minimum absolute atomic E-state index is 0.0470. The van der Waals surface area contributed by atoms with Crippen molar-refractivity contribution in [1.29, 1.82) is 0 Å². The summed E-state index contributed by atoms with van der Waals surface area (Å²) in [4.78, 5) is 12.5. The molecular weight excluding hydrogens is 284 g/mol. The molecule has 0 radical (unpaired) electrons. The van der Waals surface area contributed by atoms with Gasteiger partial charge in [-0.15, -0.1) is 0 Å². The number of carbonyl (C=O) groups excluding carboxylic acids is 1. The van der Waals surface area contributed by atoms with Crippen molar-refractivity contribution in [3.8, 4) is 0 Å². The fourth-order valence-corrected chi connectivity index (χ4v) is 9.03. The van der Waals surface area contributed by atoms with Crippen molar-refractivity contribution >= 4 is 5.97 Å². The number of fused-ring (bicyclic) bond motifs is 10. The number of rotatable bonds is 2. The zero-order valence-electron chi connectivity index (χ0n) is 15.2. The van der Waals surface area contributed by atoms with Crippen LogP contribution in [0.5, 0.6) is 0 Å². The van der Waals surface area contributed by atoms with Crippen molar-refractivity contribution in [1.82, 2.24) is 0 Å². The second kappa shape index (κ2) is 4.35. The van der Waals surface area contributed by atoms with Crippen LogP contribution in [0.3, 0.4) is 0 Å². The average Bonchev–Trinajstić information content (AvgIpc) is 3.25. The highest BCUT2D eigenvalue weighted by Crippen LogP contribution is 2.78. The molecule has 2 heteroatoms. The zero-order chi connectivity index (χ0) is 16.1. The molecule has 7 atom stereocenters. The van der Waals surface area contributed by atoms with Gasteiger partial charge in [0.15, 0.2) is 0 Å². The number of cyclic esters (lactones) is 1. The molecule has 7 unspecified atom stereocenters. The lowest BCUT2D eigenvalue weighted by molar-refractivity contribution is -0.152. The molecule has 5 fully saturated rings. The van der Waals surface area contributed by atoms with Crippen LogP contribution in [-0.2, 0) is 9.53 Å². The molecule has 4 aliphatic carbocycles. The third-order valence-corrected chi connectivity index (χ3v) is 9.56. The Hall–Kier alpha value is -0.530. The second-order valence-corrected chi connectivity index (χ2v) is 10.2. The molecule has 2 nitrogen and oxygen atoms in total. The lowest BCUT2D eigenvalue weighted by atomic mass is 9.51. The minimum Gasteiger partial charge on any atom is -0.465 e. The van der Waals surface area contributed by atoms with Crippen LogP contribution in [0.4, 0.5) is 0 Å². The van der Waals surface area contributed by atoms with Gasteiger partial charge in [0.05, 0.1) is 12.0 Å². The Bertz CT molecular complexity index is 542. The third kappa shape index (κ3) is 1.47. The first-order valence-electron chi connectivity index (χ1n) is 10.1. The SMILES string of the molecule is CC(C)C1(C(C)C)CC2CC1C1C3CC(C21)C1(CCOC1=O)C3. The lowest BCUT2D eigenvalue weighted by Crippen LogP contribution is -2.49. The van der Waals surface area contributed by atoms with Crippen molar-refractivity contribution < 1.29 is 9.53 Å². The zero-order valence-corrected chi connectivity index (χ0v) is 15.2. The van der Waals surface area contributed by atoms with Crippen molar-refractivity contribution in [2.45, 2.75) is 59.8 Å². The third-order valence-electron chi connectivity index (χ3n) is 9.56. The van der Waals surface area contributed by atoms with E-state index in [1.807, 2.05) is 0 Å². The van der Waals surface area contributed by atoms with Crippen LogP contribution in [0.1, 0.15) is 59.8 Å². The van der Waals surface area contributed by atoms with E-state index in [-0.39, 0.29) is 11.4 Å². The molecule has 1 spiro atoms. The Morgan fingerprint density at radius 1 is 0.957 bits per heavy atom. The summed E-state index contributed by atoms with van der Waals surface area (Å²) in [5, 5.41) is 0. The Kier molecular flexibility index (Phi) is 2.80. The van der Waals surface area contributed by atoms with Gasteiger partial charge in [0.2, 0.25) is 0 Å². The summed E-state index contributed by atoms with van der Waals surface area (Å²) >= 11 is 0. The molecule has 5 aliphatic rings. The predicted octanol–water partition coefficient (Wildman–Crippen LogP) is 4.53. The molecule has 4 bridgehead atoms. The fraction of sp³-hybridized carbons (Fsp3) is 0.952. The quantitative estimate of drug-likeness (QED) is 0.552. The van der Waals surface area contributed by atoms with Gasteiger partial charge in [-0.05, 0) is 84.9 Å². The number of hydrogen-bond donors (Lipinski definition) is 0. The van der Waals surface area contributed by atoms with Crippen LogP contribution in [0.15, 0.2) is 0 Å². The molecule has 1 heterocycles. The standard InChI is InChI=1S/C21H32O2/c1-11(2)21(12(3)4)10-14-8-16(21)18-13-7-15(17(14)18)20(9-13)5-6-23-19(20)22/h11-18H,5-10H2,1-4H3. The van der Waals surface area contributed by atoms with Gasteiger partial charge in [-0.3, -0.25) is 4.79 Å². The largest absolute Gasteiger partial charge is 0.465 e. The van der Waals surface area contributed by atoms with Crippen LogP contribution in [0.2, 0.25) is 0 Å². The number of hydrogen-bond acceptors (Lipinski definition) is 2. The lowest BCUT2D eigenvalue weighted by Gasteiger charge is -2.53. The maximum absolute atomic E-state index is 12.5. The highest BCUT2D eigenvalue weighted by molar-refractivity contribution is 5.80. The van der Waals surface area contributed by atoms with Gasteiger partial charge < -0.3 is 4.74 Å². The maximum atomic E-state index is 12.5. The van der Waals surface area contributed by atoms with Crippen LogP contribution in [-0.4, -0.2) is 12.6 Å². The minimum atomic E-state index is -0.0470. The number of carbonyl (C=O) groups is 1. The Labute approximate surface area is 140 Å². The van der Waals surface area contributed by atoms with E-state index in [1.165, 1.54) is 19.3 Å². The summed E-state index contributed by atoms with van der Waals surface area (Å²) in [6.45, 7) is 10.6. The van der Waals surface area contributed by atoms with Crippen molar-refractivity contribution in [2.75, 3.05) is 6.61 Å².